The second-order valence-corrected chi connectivity index (χ2v) is 2.79. The summed E-state index contributed by atoms with van der Waals surface area (Å²) in [7, 11) is 0. The van der Waals surface area contributed by atoms with E-state index in [0.29, 0.717) is 0 Å². The molecule has 0 aromatic heterocycles. The average molecular weight is 206 g/mol. The monoisotopic (exact) mass is 206 g/mol. The molecular weight excluding hydrogens is 196 g/mol. The van der Waals surface area contributed by atoms with Crippen LogP contribution in [0.1, 0.15) is 22.8 Å². The van der Waals surface area contributed by atoms with Crippen LogP contribution in [0.5, 0.6) is 5.75 Å². The lowest BCUT2D eigenvalue weighted by atomic mass is 10.1. The van der Waals surface area contributed by atoms with E-state index in [-0.39, 0.29) is 29.2 Å². The van der Waals surface area contributed by atoms with Gasteiger partial charge in [-0.05, 0) is 19.1 Å². The van der Waals surface area contributed by atoms with Crippen LogP contribution in [0.25, 0.3) is 0 Å². The number of benzene rings is 1. The molecule has 1 aromatic rings. The van der Waals surface area contributed by atoms with Crippen LogP contribution in [0.15, 0.2) is 12.1 Å². The molecule has 0 bridgehead atoms. The number of nitrogens with two attached hydrogens (primary N) is 1. The van der Waals surface area contributed by atoms with Gasteiger partial charge in [-0.1, -0.05) is 0 Å². The summed E-state index contributed by atoms with van der Waals surface area (Å²) in [6.45, 7) is 1.83. The zero-order valence-corrected chi connectivity index (χ0v) is 8.15. The van der Waals surface area contributed by atoms with Gasteiger partial charge in [0.1, 0.15) is 5.56 Å². The third-order valence-electron chi connectivity index (χ3n) is 1.76. The fraction of sp³-hybridized carbons (Fsp3) is 0.200. The Morgan fingerprint density at radius 2 is 2.33 bits per heavy atom. The highest BCUT2D eigenvalue weighted by molar-refractivity contribution is 5.95. The maximum absolute atomic E-state index is 11.3. The van der Waals surface area contributed by atoms with Crippen molar-refractivity contribution in [2.75, 3.05) is 12.3 Å². The summed E-state index contributed by atoms with van der Waals surface area (Å²) in [6.07, 6.45) is 0. The molecule has 0 aliphatic rings. The van der Waals surface area contributed by atoms with E-state index in [1.54, 1.807) is 6.92 Å². The van der Waals surface area contributed by atoms with Crippen LogP contribution in [0.4, 0.5) is 5.69 Å². The van der Waals surface area contributed by atoms with Crippen LogP contribution < -0.4 is 5.73 Å². The normalized spacial score (nSPS) is 9.33. The lowest BCUT2D eigenvalue weighted by Gasteiger charge is -2.06. The number of carbonyl (C=O) groups excluding carboxylic acids is 1. The van der Waals surface area contributed by atoms with Crippen molar-refractivity contribution in [2.45, 2.75) is 6.92 Å². The Morgan fingerprint density at radius 3 is 2.87 bits per heavy atom. The van der Waals surface area contributed by atoms with E-state index < -0.39 is 5.97 Å². The zero-order valence-electron chi connectivity index (χ0n) is 8.15. The molecule has 5 heteroatoms. The molecule has 0 amide bonds. The Kier molecular flexibility index (Phi) is 3.13. The molecule has 0 saturated heterocycles. The van der Waals surface area contributed by atoms with E-state index in [1.807, 2.05) is 6.07 Å². The van der Waals surface area contributed by atoms with Gasteiger partial charge in [0.05, 0.1) is 23.9 Å². The molecule has 0 radical (unpaired) electrons. The van der Waals surface area contributed by atoms with Crippen LogP contribution in [0, 0.1) is 11.3 Å². The molecule has 1 aromatic carbocycles. The Hall–Kier alpha value is -2.22. The molecule has 3 N–H and O–H groups in total. The average Bonchev–Trinajstić information content (AvgIpc) is 2.22. The number of nitriles is 1. The summed E-state index contributed by atoms with van der Waals surface area (Å²) in [5, 5.41) is 18.1. The number of phenolic OH excluding ortho intramolecular Hbond substituents is 1. The van der Waals surface area contributed by atoms with Crippen molar-refractivity contribution in [1.29, 1.82) is 5.26 Å². The molecular formula is C10H10N2O3. The number of hydrogen-bond acceptors (Lipinski definition) is 5. The van der Waals surface area contributed by atoms with E-state index >= 15 is 0 Å². The van der Waals surface area contributed by atoms with Crippen molar-refractivity contribution in [2.24, 2.45) is 0 Å². The van der Waals surface area contributed by atoms with Gasteiger partial charge >= 0.3 is 5.97 Å². The predicted octanol–water partition coefficient (Wildman–Crippen LogP) is 1.02. The van der Waals surface area contributed by atoms with Crippen LogP contribution in [0.3, 0.4) is 0 Å². The van der Waals surface area contributed by atoms with E-state index in [0.717, 1.165) is 0 Å². The van der Waals surface area contributed by atoms with E-state index in [1.165, 1.54) is 12.1 Å². The second kappa shape index (κ2) is 4.33. The van der Waals surface area contributed by atoms with Gasteiger partial charge in [0.25, 0.3) is 0 Å². The van der Waals surface area contributed by atoms with Gasteiger partial charge in [0.15, 0.2) is 5.75 Å². The van der Waals surface area contributed by atoms with Gasteiger partial charge in [-0.2, -0.15) is 5.26 Å². The summed E-state index contributed by atoms with van der Waals surface area (Å²) in [4.78, 5) is 11.3. The molecule has 0 fully saturated rings. The Bertz CT molecular complexity index is 435. The number of esters is 1. The van der Waals surface area contributed by atoms with E-state index in [9.17, 15) is 9.90 Å². The number of carbonyl (C=O) groups is 1. The summed E-state index contributed by atoms with van der Waals surface area (Å²) in [6, 6.07) is 4.36. The number of nitrogens with zero attached hydrogens (tertiary/aromatic N) is 1. The van der Waals surface area contributed by atoms with Gasteiger partial charge in [0.2, 0.25) is 0 Å². The van der Waals surface area contributed by atoms with E-state index in [2.05, 4.69) is 0 Å². The number of aromatic hydroxyl groups is 1. The van der Waals surface area contributed by atoms with E-state index in [4.69, 9.17) is 15.7 Å². The lowest BCUT2D eigenvalue weighted by molar-refractivity contribution is 0.0523. The number of rotatable bonds is 2. The first-order valence-corrected chi connectivity index (χ1v) is 4.29. The largest absolute Gasteiger partial charge is 0.505 e. The summed E-state index contributed by atoms with van der Waals surface area (Å²) >= 11 is 0. The van der Waals surface area contributed by atoms with Crippen molar-refractivity contribution in [3.05, 3.63) is 23.3 Å². The molecule has 15 heavy (non-hydrogen) atoms. The highest BCUT2D eigenvalue weighted by Crippen LogP contribution is 2.27. The van der Waals surface area contributed by atoms with Crippen molar-refractivity contribution < 1.29 is 14.6 Å². The lowest BCUT2D eigenvalue weighted by Crippen LogP contribution is -2.06. The maximum Gasteiger partial charge on any atom is 0.342 e. The molecule has 0 aliphatic heterocycles. The minimum absolute atomic E-state index is 0.0166. The summed E-state index contributed by atoms with van der Waals surface area (Å²) in [5.74, 6) is -1.05. The van der Waals surface area contributed by atoms with Gasteiger partial charge in [0, 0.05) is 0 Å². The van der Waals surface area contributed by atoms with Crippen LogP contribution in [-0.4, -0.2) is 17.7 Å². The van der Waals surface area contributed by atoms with Crippen LogP contribution >= 0.6 is 0 Å². The second-order valence-electron chi connectivity index (χ2n) is 2.79. The smallest absolute Gasteiger partial charge is 0.342 e. The van der Waals surface area contributed by atoms with Crippen LogP contribution in [-0.2, 0) is 4.74 Å². The number of phenols is 1. The Balaban J connectivity index is 3.23. The molecule has 1 rings (SSSR count). The first-order chi connectivity index (χ1) is 7.10. The van der Waals surface area contributed by atoms with Crippen molar-refractivity contribution in [1.82, 2.24) is 0 Å². The van der Waals surface area contributed by atoms with Crippen molar-refractivity contribution in [3.8, 4) is 11.8 Å². The fourth-order valence-corrected chi connectivity index (χ4v) is 1.09. The molecule has 0 heterocycles. The number of hydrogen-bond donors (Lipinski definition) is 2. The minimum Gasteiger partial charge on any atom is -0.505 e. The molecule has 0 saturated carbocycles. The number of ether oxygens (including phenoxy) is 1. The fourth-order valence-electron chi connectivity index (χ4n) is 1.09. The minimum atomic E-state index is -0.696. The highest BCUT2D eigenvalue weighted by Gasteiger charge is 2.15. The topological polar surface area (TPSA) is 96.3 Å². The van der Waals surface area contributed by atoms with Gasteiger partial charge in [-0.25, -0.2) is 4.79 Å². The quantitative estimate of drug-likeness (QED) is 0.428. The molecule has 0 atom stereocenters. The first-order valence-electron chi connectivity index (χ1n) is 4.29. The molecule has 5 nitrogen and oxygen atoms in total. The molecule has 0 spiro atoms. The number of nitrogen functional groups attached to an aromatic ring is 1. The van der Waals surface area contributed by atoms with Crippen LogP contribution in [0.2, 0.25) is 0 Å². The van der Waals surface area contributed by atoms with Crippen molar-refractivity contribution >= 4 is 11.7 Å². The molecule has 78 valence electrons. The Labute approximate surface area is 86.7 Å². The third kappa shape index (κ3) is 2.17. The SMILES string of the molecule is CCOC(=O)c1cc(C#N)cc(N)c1O. The third-order valence-corrected chi connectivity index (χ3v) is 1.76. The van der Waals surface area contributed by atoms with Gasteiger partial charge < -0.3 is 15.6 Å². The Morgan fingerprint density at radius 1 is 1.67 bits per heavy atom. The predicted molar refractivity (Wildman–Crippen MR) is 53.2 cm³/mol. The molecule has 0 unspecified atom stereocenters. The molecule has 0 aliphatic carbocycles. The maximum atomic E-state index is 11.3. The zero-order chi connectivity index (χ0) is 11.4. The van der Waals surface area contributed by atoms with Gasteiger partial charge in [-0.15, -0.1) is 0 Å². The summed E-state index contributed by atoms with van der Waals surface area (Å²) < 4.78 is 4.70. The standard InChI is InChI=1S/C10H10N2O3/c1-2-15-10(14)7-3-6(5-11)4-8(12)9(7)13/h3-4,13H,2,12H2,1H3. The van der Waals surface area contributed by atoms with Gasteiger partial charge in [-0.3, -0.25) is 0 Å². The first kappa shape index (κ1) is 10.9. The highest BCUT2D eigenvalue weighted by atomic mass is 16.5. The van der Waals surface area contributed by atoms with Crippen molar-refractivity contribution in [3.63, 3.8) is 0 Å². The number of anilines is 1. The summed E-state index contributed by atoms with van der Waals surface area (Å²) in [5.41, 5.74) is 5.52.